The molecule has 0 aliphatic rings. The highest BCUT2D eigenvalue weighted by Gasteiger charge is 1.50. The smallest absolute Gasteiger partial charge is 0.0643 e. The number of aliphatic imine (C=N–C) groups is 1. The van der Waals surface area contributed by atoms with Crippen LogP contribution in [0.15, 0.2) is 10.1 Å². The molecule has 0 aromatic heterocycles. The van der Waals surface area contributed by atoms with Gasteiger partial charge in [0, 0.05) is 13.3 Å². The third kappa shape index (κ3) is 3.14. The van der Waals surface area contributed by atoms with Crippen LogP contribution in [0.25, 0.3) is 0 Å². The molecule has 0 saturated heterocycles. The third-order valence-corrected chi connectivity index (χ3v) is 0.302. The van der Waals surface area contributed by atoms with Gasteiger partial charge in [0.1, 0.15) is 0 Å². The van der Waals surface area contributed by atoms with Crippen molar-refractivity contribution in [1.82, 2.24) is 0 Å². The summed E-state index contributed by atoms with van der Waals surface area (Å²) in [6, 6.07) is 0. The fourth-order valence-electron chi connectivity index (χ4n) is 0.105. The van der Waals surface area contributed by atoms with Gasteiger partial charge < -0.3 is 5.84 Å². The largest absolute Gasteiger partial charge is 0.323 e. The number of nitrogens with zero attached hydrogens (tertiary/aromatic N) is 2. The zero-order valence-corrected chi connectivity index (χ0v) is 3.63. The van der Waals surface area contributed by atoms with Crippen LogP contribution >= 0.6 is 0 Å². The van der Waals surface area contributed by atoms with Gasteiger partial charge in [-0.15, -0.1) is 0 Å². The molecule has 0 aromatic rings. The molecule has 0 heterocycles. The predicted molar refractivity (Wildman–Crippen MR) is 27.1 cm³/mol. The van der Waals surface area contributed by atoms with E-state index in [4.69, 9.17) is 5.84 Å². The Labute approximate surface area is 36.6 Å². The molecular formula is C3H7N3. The van der Waals surface area contributed by atoms with Crippen LogP contribution in [0.5, 0.6) is 0 Å². The van der Waals surface area contributed by atoms with Gasteiger partial charge in [-0.1, -0.05) is 0 Å². The summed E-state index contributed by atoms with van der Waals surface area (Å²) >= 11 is 0. The normalized spacial score (nSPS) is 11.5. The monoisotopic (exact) mass is 85.1 g/mol. The van der Waals surface area contributed by atoms with Crippen LogP contribution in [0.1, 0.15) is 0 Å². The molecule has 0 bridgehead atoms. The molecule has 0 spiro atoms. The maximum absolute atomic E-state index is 4.69. The van der Waals surface area contributed by atoms with Crippen molar-refractivity contribution in [3.8, 4) is 0 Å². The molecule has 3 heteroatoms. The number of nitrogens with two attached hydrogens (primary N) is 1. The van der Waals surface area contributed by atoms with E-state index in [1.54, 1.807) is 7.05 Å². The van der Waals surface area contributed by atoms with Crippen LogP contribution in [-0.2, 0) is 0 Å². The summed E-state index contributed by atoms with van der Waals surface area (Å²) in [6.45, 7) is 0. The second kappa shape index (κ2) is 4.14. The Bertz CT molecular complexity index is 54.4. The van der Waals surface area contributed by atoms with Crippen molar-refractivity contribution in [2.45, 2.75) is 0 Å². The summed E-state index contributed by atoms with van der Waals surface area (Å²) in [5.41, 5.74) is 0. The summed E-state index contributed by atoms with van der Waals surface area (Å²) in [7, 11) is 1.65. The van der Waals surface area contributed by atoms with Crippen molar-refractivity contribution >= 4 is 12.4 Å². The van der Waals surface area contributed by atoms with E-state index in [9.17, 15) is 0 Å². The lowest BCUT2D eigenvalue weighted by Crippen LogP contribution is -1.81. The molecule has 0 rings (SSSR count). The quantitative estimate of drug-likeness (QED) is 0.263. The second-order valence-electron chi connectivity index (χ2n) is 0.705. The number of rotatable bonds is 1. The lowest BCUT2D eigenvalue weighted by molar-refractivity contribution is 1.27. The first-order valence-corrected chi connectivity index (χ1v) is 1.56. The van der Waals surface area contributed by atoms with Gasteiger partial charge in [-0.05, 0) is 0 Å². The van der Waals surface area contributed by atoms with Crippen molar-refractivity contribution in [1.29, 1.82) is 0 Å². The fourth-order valence-corrected chi connectivity index (χ4v) is 0.105. The molecule has 6 heavy (non-hydrogen) atoms. The van der Waals surface area contributed by atoms with E-state index >= 15 is 0 Å². The van der Waals surface area contributed by atoms with Gasteiger partial charge in [-0.2, -0.15) is 5.10 Å². The molecule has 0 radical (unpaired) electrons. The maximum atomic E-state index is 4.69. The average molecular weight is 85.1 g/mol. The predicted octanol–water partition coefficient (Wildman–Crippen LogP) is -0.368. The molecule has 0 aliphatic heterocycles. The summed E-state index contributed by atoms with van der Waals surface area (Å²) in [4.78, 5) is 3.57. The molecule has 2 N–H and O–H groups in total. The molecule has 0 aromatic carbocycles. The Hall–Kier alpha value is -0.860. The minimum atomic E-state index is 1.42. The van der Waals surface area contributed by atoms with E-state index in [1.807, 2.05) is 0 Å². The molecule has 0 atom stereocenters. The van der Waals surface area contributed by atoms with Gasteiger partial charge in [0.15, 0.2) is 0 Å². The van der Waals surface area contributed by atoms with Crippen molar-refractivity contribution in [2.24, 2.45) is 15.9 Å². The zero-order chi connectivity index (χ0) is 4.83. The van der Waals surface area contributed by atoms with Crippen LogP contribution in [0.2, 0.25) is 0 Å². The third-order valence-electron chi connectivity index (χ3n) is 0.302. The SMILES string of the molecule is CN=CC=NN. The highest BCUT2D eigenvalue weighted by molar-refractivity contribution is 6.15. The Balaban J connectivity index is 3.07. The van der Waals surface area contributed by atoms with Crippen molar-refractivity contribution in [3.05, 3.63) is 0 Å². The van der Waals surface area contributed by atoms with E-state index in [2.05, 4.69) is 10.1 Å². The maximum Gasteiger partial charge on any atom is 0.0643 e. The molecule has 0 unspecified atom stereocenters. The van der Waals surface area contributed by atoms with Crippen LogP contribution in [0.4, 0.5) is 0 Å². The van der Waals surface area contributed by atoms with Gasteiger partial charge in [0.05, 0.1) is 6.21 Å². The van der Waals surface area contributed by atoms with Crippen molar-refractivity contribution < 1.29 is 0 Å². The average Bonchev–Trinajstić information content (AvgIpc) is 1.61. The topological polar surface area (TPSA) is 50.7 Å². The number of hydrogen-bond donors (Lipinski definition) is 1. The lowest BCUT2D eigenvalue weighted by Gasteiger charge is -1.64. The zero-order valence-electron chi connectivity index (χ0n) is 3.63. The first kappa shape index (κ1) is 5.14. The van der Waals surface area contributed by atoms with Crippen molar-refractivity contribution in [2.75, 3.05) is 7.05 Å². The Morgan fingerprint density at radius 1 is 1.50 bits per heavy atom. The van der Waals surface area contributed by atoms with Gasteiger partial charge in [0.2, 0.25) is 0 Å². The Kier molecular flexibility index (Phi) is 3.55. The fraction of sp³-hybridized carbons (Fsp3) is 0.333. The Morgan fingerprint density at radius 3 is 2.33 bits per heavy atom. The van der Waals surface area contributed by atoms with E-state index in [-0.39, 0.29) is 0 Å². The molecular weight excluding hydrogens is 78.1 g/mol. The van der Waals surface area contributed by atoms with Gasteiger partial charge in [0.25, 0.3) is 0 Å². The van der Waals surface area contributed by atoms with Crippen LogP contribution < -0.4 is 5.84 Å². The summed E-state index contributed by atoms with van der Waals surface area (Å²) in [5, 5.41) is 3.15. The molecule has 0 fully saturated rings. The molecule has 0 amide bonds. The number of hydrogen-bond acceptors (Lipinski definition) is 3. The van der Waals surface area contributed by atoms with E-state index < -0.39 is 0 Å². The minimum Gasteiger partial charge on any atom is -0.323 e. The van der Waals surface area contributed by atoms with Gasteiger partial charge >= 0.3 is 0 Å². The van der Waals surface area contributed by atoms with Crippen molar-refractivity contribution in [3.63, 3.8) is 0 Å². The van der Waals surface area contributed by atoms with Crippen LogP contribution in [0, 0.1) is 0 Å². The number of hydrazone groups is 1. The lowest BCUT2D eigenvalue weighted by atomic mass is 10.8. The van der Waals surface area contributed by atoms with E-state index in [0.29, 0.717) is 0 Å². The van der Waals surface area contributed by atoms with E-state index in [0.717, 1.165) is 0 Å². The molecule has 3 nitrogen and oxygen atoms in total. The second-order valence-corrected chi connectivity index (χ2v) is 0.705. The summed E-state index contributed by atoms with van der Waals surface area (Å²) < 4.78 is 0. The molecule has 0 aliphatic carbocycles. The Morgan fingerprint density at radius 2 is 2.17 bits per heavy atom. The highest BCUT2D eigenvalue weighted by atomic mass is 15.1. The molecule has 0 saturated carbocycles. The van der Waals surface area contributed by atoms with Gasteiger partial charge in [-0.3, -0.25) is 4.99 Å². The van der Waals surface area contributed by atoms with Crippen LogP contribution in [0.3, 0.4) is 0 Å². The van der Waals surface area contributed by atoms with E-state index in [1.165, 1.54) is 12.4 Å². The minimum absolute atomic E-state index is 1.42. The first-order valence-electron chi connectivity index (χ1n) is 1.56. The highest BCUT2D eigenvalue weighted by Crippen LogP contribution is 1.43. The summed E-state index contributed by atoms with van der Waals surface area (Å²) in [6.07, 6.45) is 2.93. The van der Waals surface area contributed by atoms with Gasteiger partial charge in [-0.25, -0.2) is 0 Å². The van der Waals surface area contributed by atoms with Crippen LogP contribution in [-0.4, -0.2) is 19.5 Å². The standard InChI is InChI=1S/C3H7N3/c1-5-2-3-6-4/h2-3H,4H2,1H3. The first-order chi connectivity index (χ1) is 2.91. The molecule has 34 valence electrons. The summed E-state index contributed by atoms with van der Waals surface area (Å²) in [5.74, 6) is 4.69.